The molecule has 0 aliphatic carbocycles. The van der Waals surface area contributed by atoms with Gasteiger partial charge in [0, 0.05) is 6.07 Å². The molecule has 1 aromatic heterocycles. The molecule has 4 aromatic carbocycles. The molecule has 0 spiro atoms. The zero-order valence-electron chi connectivity index (χ0n) is 15.8. The molecule has 29 heavy (non-hydrogen) atoms. The Labute approximate surface area is 166 Å². The average Bonchev–Trinajstić information content (AvgIpc) is 2.73. The van der Waals surface area contributed by atoms with Crippen LogP contribution in [0.15, 0.2) is 94.3 Å². The van der Waals surface area contributed by atoms with Crippen LogP contribution in [0.2, 0.25) is 0 Å². The van der Waals surface area contributed by atoms with Gasteiger partial charge in [0.25, 0.3) is 0 Å². The van der Waals surface area contributed by atoms with Gasteiger partial charge in [0.1, 0.15) is 11.3 Å². The number of hydrogen-bond acceptors (Lipinski definition) is 4. The molecule has 0 bridgehead atoms. The van der Waals surface area contributed by atoms with Crippen LogP contribution in [-0.2, 0) is 0 Å². The standard InChI is InChI=1S/C13H8O2.C12H10O2/c14-11-7-8-15-12-6-5-9-3-1-2-4-10(9)13(11)12;1-8(13)12-10-5-3-2-4-9(10)6-7-11(12)14/h1-8H;2-7,14H,1H3. The molecule has 1 heterocycles. The van der Waals surface area contributed by atoms with Crippen LogP contribution in [0.4, 0.5) is 0 Å². The number of phenols is 1. The third-order valence-corrected chi connectivity index (χ3v) is 4.81. The Morgan fingerprint density at radius 3 is 2.14 bits per heavy atom. The fraction of sp³-hybridized carbons (Fsp3) is 0.0400. The van der Waals surface area contributed by atoms with Crippen molar-refractivity contribution in [1.29, 1.82) is 0 Å². The Morgan fingerprint density at radius 2 is 1.41 bits per heavy atom. The lowest BCUT2D eigenvalue weighted by molar-refractivity contribution is 0.101. The van der Waals surface area contributed by atoms with Crippen molar-refractivity contribution in [3.8, 4) is 5.75 Å². The minimum Gasteiger partial charge on any atom is -0.507 e. The molecule has 0 saturated carbocycles. The van der Waals surface area contributed by atoms with Gasteiger partial charge in [-0.05, 0) is 40.6 Å². The van der Waals surface area contributed by atoms with E-state index in [9.17, 15) is 14.7 Å². The van der Waals surface area contributed by atoms with Gasteiger partial charge in [-0.25, -0.2) is 0 Å². The third kappa shape index (κ3) is 3.48. The number of phenolic OH excluding ortho intramolecular Hbond substituents is 1. The molecule has 5 rings (SSSR count). The first-order chi connectivity index (χ1) is 14.1. The van der Waals surface area contributed by atoms with Crippen LogP contribution < -0.4 is 5.43 Å². The summed E-state index contributed by atoms with van der Waals surface area (Å²) in [6, 6.07) is 23.9. The highest BCUT2D eigenvalue weighted by Crippen LogP contribution is 2.27. The van der Waals surface area contributed by atoms with E-state index in [0.717, 1.165) is 21.5 Å². The second-order valence-electron chi connectivity index (χ2n) is 6.68. The van der Waals surface area contributed by atoms with E-state index in [1.165, 1.54) is 19.3 Å². The van der Waals surface area contributed by atoms with Gasteiger partial charge in [-0.15, -0.1) is 0 Å². The minimum absolute atomic E-state index is 0.00745. The van der Waals surface area contributed by atoms with Crippen molar-refractivity contribution in [1.82, 2.24) is 0 Å². The van der Waals surface area contributed by atoms with Crippen molar-refractivity contribution < 1.29 is 14.3 Å². The molecule has 0 saturated heterocycles. The molecular weight excluding hydrogens is 364 g/mol. The van der Waals surface area contributed by atoms with Crippen molar-refractivity contribution in [2.45, 2.75) is 6.92 Å². The van der Waals surface area contributed by atoms with E-state index in [1.54, 1.807) is 12.1 Å². The second kappa shape index (κ2) is 7.60. The number of fused-ring (bicyclic) bond motifs is 4. The van der Waals surface area contributed by atoms with E-state index >= 15 is 0 Å². The van der Waals surface area contributed by atoms with Crippen molar-refractivity contribution >= 4 is 38.3 Å². The van der Waals surface area contributed by atoms with Gasteiger partial charge in [-0.2, -0.15) is 0 Å². The zero-order chi connectivity index (χ0) is 20.4. The molecule has 0 atom stereocenters. The number of carbonyl (C=O) groups is 1. The first kappa shape index (κ1) is 18.4. The van der Waals surface area contributed by atoms with E-state index in [4.69, 9.17) is 4.42 Å². The van der Waals surface area contributed by atoms with Gasteiger partial charge in [0.15, 0.2) is 11.2 Å². The van der Waals surface area contributed by atoms with Crippen LogP contribution >= 0.6 is 0 Å². The lowest BCUT2D eigenvalue weighted by atomic mass is 10.0. The molecule has 142 valence electrons. The lowest BCUT2D eigenvalue weighted by Crippen LogP contribution is -1.98. The maximum absolute atomic E-state index is 11.7. The summed E-state index contributed by atoms with van der Waals surface area (Å²) < 4.78 is 5.30. The third-order valence-electron chi connectivity index (χ3n) is 4.81. The van der Waals surface area contributed by atoms with Crippen LogP contribution in [0, 0.1) is 0 Å². The first-order valence-corrected chi connectivity index (χ1v) is 9.17. The van der Waals surface area contributed by atoms with Gasteiger partial charge in [0.2, 0.25) is 0 Å². The van der Waals surface area contributed by atoms with Gasteiger partial charge >= 0.3 is 0 Å². The second-order valence-corrected chi connectivity index (χ2v) is 6.68. The number of carbonyl (C=O) groups excluding carboxylic acids is 1. The minimum atomic E-state index is -0.112. The molecule has 4 heteroatoms. The molecule has 0 amide bonds. The smallest absolute Gasteiger partial charge is 0.193 e. The number of ketones is 1. The molecule has 0 unspecified atom stereocenters. The summed E-state index contributed by atoms with van der Waals surface area (Å²) in [5, 5.41) is 14.0. The topological polar surface area (TPSA) is 67.5 Å². The monoisotopic (exact) mass is 382 g/mol. The molecule has 0 radical (unpaired) electrons. The van der Waals surface area contributed by atoms with Crippen LogP contribution in [-0.4, -0.2) is 10.9 Å². The van der Waals surface area contributed by atoms with Crippen molar-refractivity contribution in [2.24, 2.45) is 0 Å². The average molecular weight is 382 g/mol. The van der Waals surface area contributed by atoms with Crippen molar-refractivity contribution in [3.05, 3.63) is 101 Å². The van der Waals surface area contributed by atoms with Gasteiger partial charge in [-0.3, -0.25) is 9.59 Å². The summed E-state index contributed by atoms with van der Waals surface area (Å²) in [6.45, 7) is 1.46. The highest BCUT2D eigenvalue weighted by molar-refractivity contribution is 6.09. The van der Waals surface area contributed by atoms with Crippen molar-refractivity contribution in [2.75, 3.05) is 0 Å². The maximum atomic E-state index is 11.7. The Morgan fingerprint density at radius 1 is 0.793 bits per heavy atom. The first-order valence-electron chi connectivity index (χ1n) is 9.17. The van der Waals surface area contributed by atoms with Crippen LogP contribution in [0.3, 0.4) is 0 Å². The van der Waals surface area contributed by atoms with E-state index in [-0.39, 0.29) is 17.0 Å². The quantitative estimate of drug-likeness (QED) is 0.298. The zero-order valence-corrected chi connectivity index (χ0v) is 15.8. The molecule has 0 aliphatic rings. The van der Waals surface area contributed by atoms with E-state index in [0.29, 0.717) is 16.5 Å². The predicted molar refractivity (Wildman–Crippen MR) is 116 cm³/mol. The highest BCUT2D eigenvalue weighted by Gasteiger charge is 2.10. The molecule has 5 aromatic rings. The van der Waals surface area contributed by atoms with E-state index in [1.807, 2.05) is 60.7 Å². The number of Topliss-reactive ketones (excluding diaryl/α,β-unsaturated/α-hetero) is 1. The molecule has 0 aliphatic heterocycles. The van der Waals surface area contributed by atoms with E-state index in [2.05, 4.69) is 0 Å². The van der Waals surface area contributed by atoms with Crippen LogP contribution in [0.25, 0.3) is 32.5 Å². The van der Waals surface area contributed by atoms with Crippen LogP contribution in [0.5, 0.6) is 5.75 Å². The summed E-state index contributed by atoms with van der Waals surface area (Å²) in [5.41, 5.74) is 1.05. The molecule has 1 N–H and O–H groups in total. The largest absolute Gasteiger partial charge is 0.507 e. The summed E-state index contributed by atoms with van der Waals surface area (Å²) >= 11 is 0. The Kier molecular flexibility index (Phi) is 4.83. The molecule has 4 nitrogen and oxygen atoms in total. The van der Waals surface area contributed by atoms with Crippen molar-refractivity contribution in [3.63, 3.8) is 0 Å². The molecular formula is C25H18O4. The molecule has 0 fully saturated rings. The van der Waals surface area contributed by atoms with Crippen LogP contribution in [0.1, 0.15) is 17.3 Å². The normalized spacial score (nSPS) is 10.7. The maximum Gasteiger partial charge on any atom is 0.193 e. The Bertz CT molecular complexity index is 1410. The SMILES string of the molecule is CC(=O)c1c(O)ccc2ccccc12.O=c1ccoc2ccc3ccccc3c12. The number of rotatable bonds is 1. The fourth-order valence-electron chi connectivity index (χ4n) is 3.49. The highest BCUT2D eigenvalue weighted by atomic mass is 16.3. The number of hydrogen-bond donors (Lipinski definition) is 1. The number of aromatic hydroxyl groups is 1. The summed E-state index contributed by atoms with van der Waals surface area (Å²) in [5.74, 6) is -0.0597. The van der Waals surface area contributed by atoms with Gasteiger partial charge in [-0.1, -0.05) is 60.7 Å². The van der Waals surface area contributed by atoms with Gasteiger partial charge in [0.05, 0.1) is 17.2 Å². The lowest BCUT2D eigenvalue weighted by Gasteiger charge is -2.05. The summed E-state index contributed by atoms with van der Waals surface area (Å²) in [7, 11) is 0. The summed E-state index contributed by atoms with van der Waals surface area (Å²) in [4.78, 5) is 23.1. The Balaban J connectivity index is 0.000000142. The predicted octanol–water partition coefficient (Wildman–Crippen LogP) is 5.69. The number of benzene rings is 4. The Hall–Kier alpha value is -3.92. The fourth-order valence-corrected chi connectivity index (χ4v) is 3.49. The summed E-state index contributed by atoms with van der Waals surface area (Å²) in [6.07, 6.45) is 1.43. The van der Waals surface area contributed by atoms with Gasteiger partial charge < -0.3 is 9.52 Å². The van der Waals surface area contributed by atoms with E-state index < -0.39 is 0 Å².